The van der Waals surface area contributed by atoms with Crippen molar-refractivity contribution in [3.63, 3.8) is 0 Å². The van der Waals surface area contributed by atoms with Gasteiger partial charge in [0.05, 0.1) is 11.1 Å². The number of nitrogens with one attached hydrogen (secondary N) is 2. The average molecular weight is 458 g/mol. The van der Waals surface area contributed by atoms with Crippen LogP contribution in [0.25, 0.3) is 22.2 Å². The van der Waals surface area contributed by atoms with Crippen LogP contribution in [0.5, 0.6) is 0 Å². The Morgan fingerprint density at radius 1 is 0.800 bits per heavy atom. The molecule has 6 rings (SSSR count). The number of benzene rings is 3. The molecule has 0 unspecified atom stereocenters. The number of aromatic amines is 1. The summed E-state index contributed by atoms with van der Waals surface area (Å²) in [6, 6.07) is 27.1. The molecule has 2 N–H and O–H groups in total. The van der Waals surface area contributed by atoms with E-state index in [0.717, 1.165) is 27.1 Å². The lowest BCUT2D eigenvalue weighted by atomic mass is 10.0. The number of amides is 3. The van der Waals surface area contributed by atoms with Gasteiger partial charge in [0.2, 0.25) is 0 Å². The van der Waals surface area contributed by atoms with Crippen molar-refractivity contribution >= 4 is 40.1 Å². The van der Waals surface area contributed by atoms with Crippen LogP contribution in [0.2, 0.25) is 0 Å². The molecule has 0 aliphatic carbocycles. The molecule has 7 heteroatoms. The maximum Gasteiger partial charge on any atom is 0.267 e. The van der Waals surface area contributed by atoms with Gasteiger partial charge in [-0.1, -0.05) is 36.4 Å². The third-order valence-corrected chi connectivity index (χ3v) is 5.99. The van der Waals surface area contributed by atoms with Gasteiger partial charge in [-0.05, 0) is 54.6 Å². The summed E-state index contributed by atoms with van der Waals surface area (Å²) in [7, 11) is 0. The minimum absolute atomic E-state index is 0.181. The van der Waals surface area contributed by atoms with E-state index >= 15 is 0 Å². The summed E-state index contributed by atoms with van der Waals surface area (Å²) in [5.41, 5.74) is 4.23. The molecule has 3 amide bonds. The number of H-pyrrole nitrogens is 1. The van der Waals surface area contributed by atoms with E-state index < -0.39 is 11.8 Å². The smallest absolute Gasteiger partial charge is 0.267 e. The summed E-state index contributed by atoms with van der Waals surface area (Å²) in [6.07, 6.45) is 1.52. The van der Waals surface area contributed by atoms with E-state index in [-0.39, 0.29) is 28.4 Å². The summed E-state index contributed by atoms with van der Waals surface area (Å²) >= 11 is 0. The zero-order chi connectivity index (χ0) is 23.9. The first-order valence-electron chi connectivity index (χ1n) is 11.0. The molecule has 168 valence electrons. The van der Waals surface area contributed by atoms with Crippen LogP contribution in [-0.2, 0) is 0 Å². The van der Waals surface area contributed by atoms with Crippen LogP contribution < -0.4 is 10.2 Å². The van der Waals surface area contributed by atoms with Gasteiger partial charge >= 0.3 is 0 Å². The standard InChI is InChI=1S/C28H18N4O3/c33-26(30-20-8-5-7-17(14-20)24-16-18-6-1-2-9-23(18)31-24)19-11-12-21-22(15-19)28(35)32(27(21)34)25-10-3-4-13-29-25/h1-16,31H,(H,30,33). The molecule has 0 fully saturated rings. The first kappa shape index (κ1) is 20.6. The fourth-order valence-electron chi connectivity index (χ4n) is 4.27. The number of imide groups is 1. The number of anilines is 2. The first-order valence-corrected chi connectivity index (χ1v) is 11.0. The molecule has 35 heavy (non-hydrogen) atoms. The number of para-hydroxylation sites is 1. The minimum atomic E-state index is -0.501. The molecule has 0 saturated carbocycles. The Balaban J connectivity index is 1.26. The average Bonchev–Trinajstić information content (AvgIpc) is 3.43. The number of fused-ring (bicyclic) bond motifs is 2. The molecule has 0 radical (unpaired) electrons. The lowest BCUT2D eigenvalue weighted by Gasteiger charge is -2.11. The summed E-state index contributed by atoms with van der Waals surface area (Å²) in [4.78, 5) is 47.2. The molecule has 5 aromatic rings. The summed E-state index contributed by atoms with van der Waals surface area (Å²) < 4.78 is 0. The van der Waals surface area contributed by atoms with Gasteiger partial charge in [0.1, 0.15) is 5.82 Å². The van der Waals surface area contributed by atoms with Crippen LogP contribution in [-0.4, -0.2) is 27.7 Å². The number of carbonyl (C=O) groups excluding carboxylic acids is 3. The molecule has 0 bridgehead atoms. The second kappa shape index (κ2) is 8.07. The quantitative estimate of drug-likeness (QED) is 0.358. The molecule has 0 saturated heterocycles. The molecule has 1 aliphatic heterocycles. The summed E-state index contributed by atoms with van der Waals surface area (Å²) in [5.74, 6) is -1.09. The van der Waals surface area contributed by atoms with Gasteiger partial charge in [-0.3, -0.25) is 14.4 Å². The Morgan fingerprint density at radius 3 is 2.46 bits per heavy atom. The van der Waals surface area contributed by atoms with Crippen LogP contribution in [0.3, 0.4) is 0 Å². The Bertz CT molecular complexity index is 1610. The monoisotopic (exact) mass is 458 g/mol. The predicted molar refractivity (Wildman–Crippen MR) is 134 cm³/mol. The van der Waals surface area contributed by atoms with Crippen molar-refractivity contribution in [2.75, 3.05) is 10.2 Å². The van der Waals surface area contributed by atoms with Gasteiger partial charge in [0, 0.05) is 39.6 Å². The number of hydrogen-bond donors (Lipinski definition) is 2. The highest BCUT2D eigenvalue weighted by molar-refractivity contribution is 6.34. The maximum absolute atomic E-state index is 13.0. The third kappa shape index (κ3) is 3.55. The van der Waals surface area contributed by atoms with Crippen LogP contribution in [0, 0.1) is 0 Å². The van der Waals surface area contributed by atoms with Gasteiger partial charge < -0.3 is 10.3 Å². The molecular weight excluding hydrogens is 440 g/mol. The predicted octanol–water partition coefficient (Wildman–Crippen LogP) is 5.28. The van der Waals surface area contributed by atoms with Crippen molar-refractivity contribution in [2.45, 2.75) is 0 Å². The second-order valence-electron chi connectivity index (χ2n) is 8.20. The van der Waals surface area contributed by atoms with Crippen LogP contribution in [0.4, 0.5) is 11.5 Å². The van der Waals surface area contributed by atoms with Gasteiger partial charge in [-0.2, -0.15) is 0 Å². The number of rotatable bonds is 4. The topological polar surface area (TPSA) is 95.2 Å². The van der Waals surface area contributed by atoms with E-state index in [9.17, 15) is 14.4 Å². The lowest BCUT2D eigenvalue weighted by molar-refractivity contribution is 0.0924. The Hall–Kier alpha value is -5.04. The van der Waals surface area contributed by atoms with Crippen LogP contribution >= 0.6 is 0 Å². The van der Waals surface area contributed by atoms with E-state index in [2.05, 4.69) is 21.4 Å². The lowest BCUT2D eigenvalue weighted by Crippen LogP contribution is -2.30. The molecule has 2 aromatic heterocycles. The number of aromatic nitrogens is 2. The molecule has 7 nitrogen and oxygen atoms in total. The highest BCUT2D eigenvalue weighted by atomic mass is 16.2. The molecule has 0 spiro atoms. The highest BCUT2D eigenvalue weighted by Gasteiger charge is 2.37. The fourth-order valence-corrected chi connectivity index (χ4v) is 4.27. The molecule has 1 aliphatic rings. The maximum atomic E-state index is 13.0. The SMILES string of the molecule is O=C(Nc1cccc(-c2cc3ccccc3[nH]2)c1)c1ccc2c(c1)C(=O)N(c1ccccn1)C2=O. The van der Waals surface area contributed by atoms with Crippen molar-refractivity contribution in [3.8, 4) is 11.3 Å². The van der Waals surface area contributed by atoms with Crippen molar-refractivity contribution in [3.05, 3.63) is 114 Å². The third-order valence-electron chi connectivity index (χ3n) is 5.99. The number of hydrogen-bond acceptors (Lipinski definition) is 4. The van der Waals surface area contributed by atoms with E-state index in [1.165, 1.54) is 18.3 Å². The van der Waals surface area contributed by atoms with E-state index in [4.69, 9.17) is 0 Å². The van der Waals surface area contributed by atoms with Gasteiger partial charge in [0.25, 0.3) is 17.7 Å². The van der Waals surface area contributed by atoms with Crippen molar-refractivity contribution < 1.29 is 14.4 Å². The van der Waals surface area contributed by atoms with Crippen molar-refractivity contribution in [2.24, 2.45) is 0 Å². The fraction of sp³-hybridized carbons (Fsp3) is 0. The second-order valence-corrected chi connectivity index (χ2v) is 8.20. The molecule has 3 heterocycles. The Labute approximate surface area is 200 Å². The number of carbonyl (C=O) groups is 3. The largest absolute Gasteiger partial charge is 0.355 e. The van der Waals surface area contributed by atoms with Crippen molar-refractivity contribution in [1.82, 2.24) is 9.97 Å². The van der Waals surface area contributed by atoms with E-state index in [0.29, 0.717) is 5.69 Å². The van der Waals surface area contributed by atoms with Crippen LogP contribution in [0.15, 0.2) is 97.2 Å². The Morgan fingerprint density at radius 2 is 1.63 bits per heavy atom. The highest BCUT2D eigenvalue weighted by Crippen LogP contribution is 2.29. The van der Waals surface area contributed by atoms with Crippen molar-refractivity contribution in [1.29, 1.82) is 0 Å². The van der Waals surface area contributed by atoms with Gasteiger partial charge in [-0.15, -0.1) is 0 Å². The van der Waals surface area contributed by atoms with Gasteiger partial charge in [-0.25, -0.2) is 9.88 Å². The molecule has 3 aromatic carbocycles. The molecular formula is C28H18N4O3. The molecule has 0 atom stereocenters. The zero-order valence-corrected chi connectivity index (χ0v) is 18.4. The van der Waals surface area contributed by atoms with Crippen LogP contribution in [0.1, 0.15) is 31.1 Å². The van der Waals surface area contributed by atoms with Gasteiger partial charge in [0.15, 0.2) is 0 Å². The zero-order valence-electron chi connectivity index (χ0n) is 18.4. The summed E-state index contributed by atoms with van der Waals surface area (Å²) in [5, 5.41) is 3.99. The minimum Gasteiger partial charge on any atom is -0.355 e. The van der Waals surface area contributed by atoms with E-state index in [1.54, 1.807) is 30.3 Å². The van der Waals surface area contributed by atoms with E-state index in [1.807, 2.05) is 42.5 Å². The Kier molecular flexibility index (Phi) is 4.74. The summed E-state index contributed by atoms with van der Waals surface area (Å²) in [6.45, 7) is 0. The number of pyridine rings is 1. The number of nitrogens with zero attached hydrogens (tertiary/aromatic N) is 2. The normalized spacial score (nSPS) is 12.7. The first-order chi connectivity index (χ1) is 17.1.